The van der Waals surface area contributed by atoms with Gasteiger partial charge in [0.05, 0.1) is 6.42 Å². The number of carbonyl (C=O) groups excluding carboxylic acids is 3. The summed E-state index contributed by atoms with van der Waals surface area (Å²) in [4.78, 5) is 35.1. The topological polar surface area (TPSA) is 90.9 Å². The Kier molecular flexibility index (Phi) is 9.39. The van der Waals surface area contributed by atoms with E-state index >= 15 is 0 Å². The van der Waals surface area contributed by atoms with Crippen molar-refractivity contribution in [3.05, 3.63) is 35.9 Å². The van der Waals surface area contributed by atoms with Gasteiger partial charge in [0.25, 0.3) is 0 Å². The van der Waals surface area contributed by atoms with E-state index in [-0.39, 0.29) is 31.6 Å². The first-order valence-corrected chi connectivity index (χ1v) is 8.33. The van der Waals surface area contributed by atoms with Crippen molar-refractivity contribution in [2.24, 2.45) is 5.92 Å². The number of benzene rings is 1. The summed E-state index contributed by atoms with van der Waals surface area (Å²) in [5, 5.41) is 2.48. The number of esters is 2. The van der Waals surface area contributed by atoms with Crippen LogP contribution >= 0.6 is 11.6 Å². The average molecular weight is 372 g/mol. The van der Waals surface area contributed by atoms with Crippen molar-refractivity contribution in [1.29, 1.82) is 0 Å². The fourth-order valence-corrected chi connectivity index (χ4v) is 1.97. The average Bonchev–Trinajstić information content (AvgIpc) is 2.58. The number of amides is 1. The van der Waals surface area contributed by atoms with Gasteiger partial charge in [0.2, 0.25) is 0 Å². The summed E-state index contributed by atoms with van der Waals surface area (Å²) in [5.41, 5.74) is 0.833. The lowest BCUT2D eigenvalue weighted by Gasteiger charge is -2.20. The number of hydrogen-bond acceptors (Lipinski definition) is 6. The number of ether oxygens (including phenoxy) is 3. The zero-order valence-corrected chi connectivity index (χ0v) is 15.0. The molecule has 0 unspecified atom stereocenters. The molecule has 8 heteroatoms. The van der Waals surface area contributed by atoms with E-state index in [1.165, 1.54) is 0 Å². The molecule has 0 spiro atoms. The Morgan fingerprint density at radius 3 is 2.36 bits per heavy atom. The van der Waals surface area contributed by atoms with Gasteiger partial charge in [-0.15, -0.1) is 0 Å². The molecule has 0 aliphatic carbocycles. The monoisotopic (exact) mass is 371 g/mol. The molecule has 0 bridgehead atoms. The van der Waals surface area contributed by atoms with Gasteiger partial charge in [-0.05, 0) is 11.5 Å². The van der Waals surface area contributed by atoms with Gasteiger partial charge in [-0.3, -0.25) is 4.79 Å². The van der Waals surface area contributed by atoms with Gasteiger partial charge >= 0.3 is 18.0 Å². The van der Waals surface area contributed by atoms with Crippen molar-refractivity contribution < 1.29 is 28.6 Å². The minimum Gasteiger partial charge on any atom is -0.464 e. The van der Waals surface area contributed by atoms with Gasteiger partial charge in [-0.1, -0.05) is 55.8 Å². The maximum absolute atomic E-state index is 12.1. The summed E-state index contributed by atoms with van der Waals surface area (Å²) < 4.78 is 14.6. The van der Waals surface area contributed by atoms with E-state index in [1.54, 1.807) is 13.8 Å². The fourth-order valence-electron chi connectivity index (χ4n) is 1.85. The molecule has 0 aliphatic rings. The van der Waals surface area contributed by atoms with E-state index in [0.29, 0.717) is 0 Å². The Bertz CT molecular complexity index is 564. The highest BCUT2D eigenvalue weighted by molar-refractivity contribution is 6.17. The van der Waals surface area contributed by atoms with Crippen LogP contribution < -0.4 is 5.32 Å². The second-order valence-corrected chi connectivity index (χ2v) is 5.69. The largest absolute Gasteiger partial charge is 0.464 e. The maximum Gasteiger partial charge on any atom is 0.408 e. The van der Waals surface area contributed by atoms with Crippen LogP contribution in [0.5, 0.6) is 0 Å². The Morgan fingerprint density at radius 2 is 1.76 bits per heavy atom. The number of nitrogens with one attached hydrogen (secondary N) is 1. The molecular weight excluding hydrogens is 350 g/mol. The molecule has 25 heavy (non-hydrogen) atoms. The van der Waals surface area contributed by atoms with Gasteiger partial charge in [0.1, 0.15) is 19.3 Å². The van der Waals surface area contributed by atoms with Gasteiger partial charge in [-0.2, -0.15) is 0 Å². The van der Waals surface area contributed by atoms with E-state index in [2.05, 4.69) is 10.1 Å². The predicted molar refractivity (Wildman–Crippen MR) is 90.8 cm³/mol. The lowest BCUT2D eigenvalue weighted by atomic mass is 10.1. The van der Waals surface area contributed by atoms with Gasteiger partial charge in [-0.25, -0.2) is 9.59 Å². The van der Waals surface area contributed by atoms with Crippen molar-refractivity contribution >= 4 is 29.6 Å². The maximum atomic E-state index is 12.1. The smallest absolute Gasteiger partial charge is 0.408 e. The second kappa shape index (κ2) is 11.3. The predicted octanol–water partition coefficient (Wildman–Crippen LogP) is 2.61. The third kappa shape index (κ3) is 8.39. The first kappa shape index (κ1) is 20.8. The first-order chi connectivity index (χ1) is 11.9. The number of hydrogen-bond donors (Lipinski definition) is 1. The first-order valence-electron chi connectivity index (χ1n) is 7.79. The Labute approximate surface area is 151 Å². The number of alkyl halides is 1. The third-order valence-electron chi connectivity index (χ3n) is 3.17. The van der Waals surface area contributed by atoms with Crippen LogP contribution in [-0.2, 0) is 30.4 Å². The number of rotatable bonds is 9. The Balaban J connectivity index is 2.42. The van der Waals surface area contributed by atoms with Crippen molar-refractivity contribution in [1.82, 2.24) is 5.32 Å². The van der Waals surface area contributed by atoms with E-state index < -0.39 is 24.1 Å². The fraction of sp³-hybridized carbons (Fsp3) is 0.471. The molecule has 7 nitrogen and oxygen atoms in total. The molecule has 0 saturated carbocycles. The molecule has 1 amide bonds. The Hall–Kier alpha value is -2.28. The van der Waals surface area contributed by atoms with Crippen molar-refractivity contribution in [3.8, 4) is 0 Å². The molecule has 0 aliphatic heterocycles. The third-order valence-corrected chi connectivity index (χ3v) is 3.28. The summed E-state index contributed by atoms with van der Waals surface area (Å²) in [5.74, 6) is -1.43. The van der Waals surface area contributed by atoms with Crippen LogP contribution in [0.15, 0.2) is 30.3 Å². The number of halogens is 1. The summed E-state index contributed by atoms with van der Waals surface area (Å²) in [7, 11) is 0. The van der Waals surface area contributed by atoms with E-state index in [1.807, 2.05) is 30.3 Å². The molecule has 138 valence electrons. The van der Waals surface area contributed by atoms with Crippen LogP contribution in [0.4, 0.5) is 4.79 Å². The van der Waals surface area contributed by atoms with Crippen molar-refractivity contribution in [2.75, 3.05) is 12.7 Å². The minimum atomic E-state index is -0.882. The van der Waals surface area contributed by atoms with Gasteiger partial charge in [0, 0.05) is 0 Å². The van der Waals surface area contributed by atoms with Gasteiger partial charge in [0.15, 0.2) is 6.07 Å². The van der Waals surface area contributed by atoms with E-state index in [0.717, 1.165) is 5.56 Å². The van der Waals surface area contributed by atoms with Crippen LogP contribution in [-0.4, -0.2) is 36.7 Å². The zero-order chi connectivity index (χ0) is 18.7. The molecule has 1 atom stereocenters. The summed E-state index contributed by atoms with van der Waals surface area (Å²) in [6.07, 6.45) is -0.831. The Morgan fingerprint density at radius 1 is 1.08 bits per heavy atom. The summed E-state index contributed by atoms with van der Waals surface area (Å²) >= 11 is 5.25. The highest BCUT2D eigenvalue weighted by Crippen LogP contribution is 2.06. The SMILES string of the molecule is CC(C)[C@H](NC(=O)OCc1ccccc1)C(=O)OCCC(=O)OCCl. The number of alkyl carbamates (subject to hydrolysis) is 1. The quantitative estimate of drug-likeness (QED) is 0.407. The van der Waals surface area contributed by atoms with Gasteiger partial charge < -0.3 is 19.5 Å². The number of carbonyl (C=O) groups is 3. The van der Waals surface area contributed by atoms with Crippen LogP contribution in [0.25, 0.3) is 0 Å². The van der Waals surface area contributed by atoms with Crippen LogP contribution in [0.2, 0.25) is 0 Å². The molecule has 0 radical (unpaired) electrons. The molecule has 0 fully saturated rings. The normalized spacial score (nSPS) is 11.5. The standard InChI is InChI=1S/C17H22ClNO6/c1-12(2)15(16(21)23-9-8-14(20)25-11-18)19-17(22)24-10-13-6-4-3-5-7-13/h3-7,12,15H,8-11H2,1-2H3,(H,19,22)/t15-/m0/s1. The second-order valence-electron chi connectivity index (χ2n) is 5.47. The highest BCUT2D eigenvalue weighted by atomic mass is 35.5. The van der Waals surface area contributed by atoms with E-state index in [9.17, 15) is 14.4 Å². The van der Waals surface area contributed by atoms with Crippen LogP contribution in [0.1, 0.15) is 25.8 Å². The molecule has 0 saturated heterocycles. The molecular formula is C17H22ClNO6. The van der Waals surface area contributed by atoms with Crippen LogP contribution in [0, 0.1) is 5.92 Å². The lowest BCUT2D eigenvalue weighted by Crippen LogP contribution is -2.45. The van der Waals surface area contributed by atoms with Crippen LogP contribution in [0.3, 0.4) is 0 Å². The highest BCUT2D eigenvalue weighted by Gasteiger charge is 2.26. The van der Waals surface area contributed by atoms with E-state index in [4.69, 9.17) is 21.1 Å². The molecule has 1 rings (SSSR count). The molecule has 1 aromatic carbocycles. The minimum absolute atomic E-state index is 0.0941. The molecule has 1 aromatic rings. The summed E-state index contributed by atoms with van der Waals surface area (Å²) in [6.45, 7) is 3.45. The van der Waals surface area contributed by atoms with Crippen molar-refractivity contribution in [3.63, 3.8) is 0 Å². The van der Waals surface area contributed by atoms with Crippen molar-refractivity contribution in [2.45, 2.75) is 32.9 Å². The molecule has 0 heterocycles. The molecule has 0 aromatic heterocycles. The lowest BCUT2D eigenvalue weighted by molar-refractivity contribution is -0.150. The summed E-state index contributed by atoms with van der Waals surface area (Å²) in [6, 6.07) is 8.03. The molecule has 1 N–H and O–H groups in total. The zero-order valence-electron chi connectivity index (χ0n) is 14.2.